The van der Waals surface area contributed by atoms with Gasteiger partial charge in [0.05, 0.1) is 11.2 Å². The minimum Gasteiger partial charge on any atom is -0.443 e. The molecule has 5 rings (SSSR count). The average Bonchev–Trinajstić information content (AvgIpc) is 3.61. The number of nitrogens with zero attached hydrogens (tertiary/aromatic N) is 5. The molecule has 36 heavy (non-hydrogen) atoms. The van der Waals surface area contributed by atoms with Crippen LogP contribution in [0.15, 0.2) is 18.2 Å². The zero-order valence-corrected chi connectivity index (χ0v) is 20.5. The number of carbonyl (C=O) groups is 2. The Balaban J connectivity index is 1.51. The molecule has 0 atom stereocenters. The van der Waals surface area contributed by atoms with Gasteiger partial charge in [0.15, 0.2) is 11.6 Å². The van der Waals surface area contributed by atoms with Crippen molar-refractivity contribution in [2.24, 2.45) is 5.73 Å². The first-order valence-corrected chi connectivity index (χ1v) is 11.9. The van der Waals surface area contributed by atoms with E-state index in [1.807, 2.05) is 11.8 Å². The minimum atomic E-state index is -0.797. The molecule has 11 nitrogen and oxygen atoms in total. The number of piperidine rings is 1. The molecule has 2 aliphatic rings. The van der Waals surface area contributed by atoms with Crippen LogP contribution in [0.1, 0.15) is 54.6 Å². The standard InChI is InChI=1S/C24H29FN8O3/c1-24(36-22(26)35)8-10-33(11-9-24)23-27-16-7-6-14(21(34)32(2)3)12-15(16)19(29-23)28-20-17(25)18(30-31-20)13-4-5-13/h6-7,12-13H,4-5,8-11H2,1-3H3,(H2,26,35)(H2,27,28,29,30,31). The lowest BCUT2D eigenvalue weighted by atomic mass is 9.93. The van der Waals surface area contributed by atoms with Gasteiger partial charge < -0.3 is 25.6 Å². The topological polar surface area (TPSA) is 142 Å². The van der Waals surface area contributed by atoms with Crippen LogP contribution >= 0.6 is 0 Å². The fourth-order valence-electron chi connectivity index (χ4n) is 4.45. The van der Waals surface area contributed by atoms with E-state index in [0.717, 1.165) is 12.8 Å². The normalized spacial score (nSPS) is 17.2. The lowest BCUT2D eigenvalue weighted by molar-refractivity contribution is 0.0125. The van der Waals surface area contributed by atoms with Crippen LogP contribution < -0.4 is 16.0 Å². The molecule has 190 valence electrons. The molecule has 1 aliphatic carbocycles. The van der Waals surface area contributed by atoms with E-state index >= 15 is 4.39 Å². The van der Waals surface area contributed by atoms with Crippen molar-refractivity contribution in [2.45, 2.75) is 44.1 Å². The number of hydrogen-bond acceptors (Lipinski definition) is 8. The Kier molecular flexibility index (Phi) is 5.89. The molecule has 3 heterocycles. The number of halogens is 1. The van der Waals surface area contributed by atoms with Gasteiger partial charge in [-0.25, -0.2) is 14.2 Å². The van der Waals surface area contributed by atoms with Crippen LogP contribution in [0.25, 0.3) is 10.9 Å². The molecule has 0 bridgehead atoms. The summed E-state index contributed by atoms with van der Waals surface area (Å²) in [6.07, 6.45) is 2.17. The fraction of sp³-hybridized carbons (Fsp3) is 0.458. The van der Waals surface area contributed by atoms with Gasteiger partial charge in [0.25, 0.3) is 5.91 Å². The van der Waals surface area contributed by atoms with E-state index in [-0.39, 0.29) is 17.6 Å². The molecule has 0 spiro atoms. The monoisotopic (exact) mass is 496 g/mol. The number of ether oxygens (including phenoxy) is 1. The molecule has 1 aliphatic heterocycles. The van der Waals surface area contributed by atoms with E-state index in [4.69, 9.17) is 20.4 Å². The summed E-state index contributed by atoms with van der Waals surface area (Å²) >= 11 is 0. The highest BCUT2D eigenvalue weighted by atomic mass is 19.1. The maximum atomic E-state index is 15.0. The first kappa shape index (κ1) is 23.8. The molecule has 4 N–H and O–H groups in total. The number of rotatable bonds is 6. The summed E-state index contributed by atoms with van der Waals surface area (Å²) in [5, 5.41) is 10.5. The Morgan fingerprint density at radius 3 is 2.58 bits per heavy atom. The predicted molar refractivity (Wildman–Crippen MR) is 132 cm³/mol. The number of H-pyrrole nitrogens is 1. The summed E-state index contributed by atoms with van der Waals surface area (Å²) in [6.45, 7) is 2.92. The molecular formula is C24H29FN8O3. The quantitative estimate of drug-likeness (QED) is 0.472. The second-order valence-corrected chi connectivity index (χ2v) is 9.86. The Morgan fingerprint density at radius 2 is 1.94 bits per heavy atom. The summed E-state index contributed by atoms with van der Waals surface area (Å²) in [7, 11) is 3.35. The summed E-state index contributed by atoms with van der Waals surface area (Å²) in [5.41, 5.74) is 6.12. The van der Waals surface area contributed by atoms with Gasteiger partial charge in [0, 0.05) is 56.9 Å². The van der Waals surface area contributed by atoms with Crippen LogP contribution in [0.2, 0.25) is 0 Å². The van der Waals surface area contributed by atoms with Gasteiger partial charge in [0.2, 0.25) is 5.95 Å². The van der Waals surface area contributed by atoms with Gasteiger partial charge in [-0.05, 0) is 38.0 Å². The van der Waals surface area contributed by atoms with Crippen molar-refractivity contribution in [1.29, 1.82) is 0 Å². The smallest absolute Gasteiger partial charge is 0.405 e. The van der Waals surface area contributed by atoms with Crippen molar-refractivity contribution >= 4 is 40.5 Å². The Morgan fingerprint density at radius 1 is 1.22 bits per heavy atom. The van der Waals surface area contributed by atoms with Crippen LogP contribution in [0.4, 0.5) is 26.8 Å². The van der Waals surface area contributed by atoms with Crippen LogP contribution in [0, 0.1) is 5.82 Å². The number of hydrogen-bond donors (Lipinski definition) is 3. The number of nitrogens with two attached hydrogens (primary N) is 1. The number of benzene rings is 1. The number of fused-ring (bicyclic) bond motifs is 1. The van der Waals surface area contributed by atoms with E-state index in [0.29, 0.717) is 59.9 Å². The molecule has 2 amide bonds. The third kappa shape index (κ3) is 4.62. The van der Waals surface area contributed by atoms with Gasteiger partial charge in [-0.1, -0.05) is 0 Å². The minimum absolute atomic E-state index is 0.0493. The van der Waals surface area contributed by atoms with E-state index < -0.39 is 17.5 Å². The second-order valence-electron chi connectivity index (χ2n) is 9.86. The van der Waals surface area contributed by atoms with Gasteiger partial charge >= 0.3 is 6.09 Å². The van der Waals surface area contributed by atoms with Crippen LogP contribution in [0.3, 0.4) is 0 Å². The molecule has 0 unspecified atom stereocenters. The van der Waals surface area contributed by atoms with Gasteiger partial charge in [-0.3, -0.25) is 9.89 Å². The molecule has 1 saturated heterocycles. The number of nitrogens with one attached hydrogen (secondary N) is 2. The van der Waals surface area contributed by atoms with Gasteiger partial charge in [0.1, 0.15) is 11.4 Å². The number of aromatic amines is 1. The third-order valence-corrected chi connectivity index (χ3v) is 6.74. The van der Waals surface area contributed by atoms with Crippen LogP contribution in [-0.4, -0.2) is 69.9 Å². The van der Waals surface area contributed by atoms with Crippen molar-refractivity contribution in [2.75, 3.05) is 37.4 Å². The highest BCUT2D eigenvalue weighted by Gasteiger charge is 2.34. The molecule has 12 heteroatoms. The fourth-order valence-corrected chi connectivity index (χ4v) is 4.45. The SMILES string of the molecule is CN(C)C(=O)c1ccc2nc(N3CCC(C)(OC(N)=O)CC3)nc(Nc3n[nH]c(C4CC4)c3F)c2c1. The molecular weight excluding hydrogens is 467 g/mol. The maximum Gasteiger partial charge on any atom is 0.405 e. The van der Waals surface area contributed by atoms with Crippen molar-refractivity contribution in [3.63, 3.8) is 0 Å². The average molecular weight is 497 g/mol. The zero-order chi connectivity index (χ0) is 25.6. The largest absolute Gasteiger partial charge is 0.443 e. The van der Waals surface area contributed by atoms with Gasteiger partial charge in [-0.15, -0.1) is 0 Å². The van der Waals surface area contributed by atoms with Crippen molar-refractivity contribution < 1.29 is 18.7 Å². The van der Waals surface area contributed by atoms with E-state index in [2.05, 4.69) is 15.5 Å². The molecule has 1 saturated carbocycles. The predicted octanol–water partition coefficient (Wildman–Crippen LogP) is 3.27. The summed E-state index contributed by atoms with van der Waals surface area (Å²) in [5.74, 6) is 0.407. The first-order valence-electron chi connectivity index (χ1n) is 11.9. The van der Waals surface area contributed by atoms with Gasteiger partial charge in [-0.2, -0.15) is 10.1 Å². The van der Waals surface area contributed by atoms with Crippen LogP contribution in [-0.2, 0) is 4.74 Å². The Labute approximate surface area is 207 Å². The highest BCUT2D eigenvalue weighted by Crippen LogP contribution is 2.42. The van der Waals surface area contributed by atoms with Crippen LogP contribution in [0.5, 0.6) is 0 Å². The third-order valence-electron chi connectivity index (χ3n) is 6.74. The summed E-state index contributed by atoms with van der Waals surface area (Å²) in [6, 6.07) is 5.16. The van der Waals surface area contributed by atoms with E-state index in [1.165, 1.54) is 4.90 Å². The first-order chi connectivity index (χ1) is 17.1. The summed E-state index contributed by atoms with van der Waals surface area (Å²) < 4.78 is 20.3. The molecule has 2 aromatic heterocycles. The molecule has 3 aromatic rings. The Hall–Kier alpha value is -3.96. The molecule has 1 aromatic carbocycles. The molecule has 2 fully saturated rings. The van der Waals surface area contributed by atoms with E-state index in [9.17, 15) is 9.59 Å². The lowest BCUT2D eigenvalue weighted by Gasteiger charge is -2.38. The number of carbonyl (C=O) groups excluding carboxylic acids is 2. The summed E-state index contributed by atoms with van der Waals surface area (Å²) in [4.78, 5) is 36.7. The number of primary amides is 1. The Bertz CT molecular complexity index is 1330. The maximum absolute atomic E-state index is 15.0. The van der Waals surface area contributed by atoms with Crippen molar-refractivity contribution in [3.05, 3.63) is 35.3 Å². The zero-order valence-electron chi connectivity index (χ0n) is 20.5. The highest BCUT2D eigenvalue weighted by molar-refractivity contribution is 6.01. The number of anilines is 3. The molecule has 0 radical (unpaired) electrons. The second kappa shape index (κ2) is 8.92. The number of aromatic nitrogens is 4. The number of amides is 2. The van der Waals surface area contributed by atoms with E-state index in [1.54, 1.807) is 32.3 Å². The van der Waals surface area contributed by atoms with Crippen molar-refractivity contribution in [3.8, 4) is 0 Å². The lowest BCUT2D eigenvalue weighted by Crippen LogP contribution is -2.46. The van der Waals surface area contributed by atoms with Crippen molar-refractivity contribution in [1.82, 2.24) is 25.1 Å².